The number of ether oxygens (including phenoxy) is 1. The van der Waals surface area contributed by atoms with Gasteiger partial charge in [0.1, 0.15) is 10.8 Å². The van der Waals surface area contributed by atoms with Gasteiger partial charge in [0.15, 0.2) is 0 Å². The quantitative estimate of drug-likeness (QED) is 0.905. The summed E-state index contributed by atoms with van der Waals surface area (Å²) in [5.74, 6) is 0.931. The number of nitrogens with one attached hydrogen (secondary N) is 1. The van der Waals surface area contributed by atoms with Crippen LogP contribution in [0.4, 0.5) is 0 Å². The number of hydrogen-bond acceptors (Lipinski definition) is 4. The van der Waals surface area contributed by atoms with Gasteiger partial charge < -0.3 is 10.1 Å². The first-order valence-corrected chi connectivity index (χ1v) is 7.21. The van der Waals surface area contributed by atoms with E-state index in [0.717, 1.165) is 17.3 Å². The fourth-order valence-electron chi connectivity index (χ4n) is 1.97. The van der Waals surface area contributed by atoms with Crippen molar-refractivity contribution in [1.29, 1.82) is 0 Å². The molecule has 0 bridgehead atoms. The van der Waals surface area contributed by atoms with Crippen LogP contribution in [0, 0.1) is 13.8 Å². The second-order valence-corrected chi connectivity index (χ2v) is 5.99. The number of rotatable bonds is 5. The van der Waals surface area contributed by atoms with E-state index in [4.69, 9.17) is 4.74 Å². The molecule has 0 aliphatic heterocycles. The minimum atomic E-state index is 0.254. The van der Waals surface area contributed by atoms with E-state index in [1.807, 2.05) is 12.3 Å². The van der Waals surface area contributed by atoms with E-state index in [2.05, 4.69) is 43.2 Å². The molecule has 1 atom stereocenters. The SMILES string of the molecule is COc1ccc(C)cc1CNC(C)c1ncc(C)s1. The van der Waals surface area contributed by atoms with Crippen molar-refractivity contribution in [3.63, 3.8) is 0 Å². The molecule has 1 unspecified atom stereocenters. The number of benzene rings is 1. The zero-order valence-corrected chi connectivity index (χ0v) is 12.7. The molecule has 0 amide bonds. The molecule has 0 fully saturated rings. The van der Waals surface area contributed by atoms with E-state index in [-0.39, 0.29) is 6.04 Å². The van der Waals surface area contributed by atoms with Crippen LogP contribution in [-0.4, -0.2) is 12.1 Å². The fraction of sp³-hybridized carbons (Fsp3) is 0.400. The average molecular weight is 276 g/mol. The first kappa shape index (κ1) is 14.0. The standard InChI is InChI=1S/C15H20N2OS/c1-10-5-6-14(18-4)13(7-10)9-16-12(3)15-17-8-11(2)19-15/h5-8,12,16H,9H2,1-4H3. The molecule has 102 valence electrons. The van der Waals surface area contributed by atoms with Crippen LogP contribution in [0.15, 0.2) is 24.4 Å². The number of hydrogen-bond donors (Lipinski definition) is 1. The summed E-state index contributed by atoms with van der Waals surface area (Å²) in [6.45, 7) is 7.10. The molecule has 1 heterocycles. The van der Waals surface area contributed by atoms with Gasteiger partial charge in [-0.2, -0.15) is 0 Å². The second kappa shape index (κ2) is 6.17. The van der Waals surface area contributed by atoms with Crippen LogP contribution in [-0.2, 0) is 6.54 Å². The number of nitrogens with zero attached hydrogens (tertiary/aromatic N) is 1. The van der Waals surface area contributed by atoms with E-state index in [9.17, 15) is 0 Å². The summed E-state index contributed by atoms with van der Waals surface area (Å²) in [5, 5.41) is 4.63. The first-order valence-electron chi connectivity index (χ1n) is 6.39. The maximum Gasteiger partial charge on any atom is 0.123 e. The van der Waals surface area contributed by atoms with Gasteiger partial charge >= 0.3 is 0 Å². The molecule has 4 heteroatoms. The highest BCUT2D eigenvalue weighted by molar-refractivity contribution is 7.11. The van der Waals surface area contributed by atoms with E-state index >= 15 is 0 Å². The van der Waals surface area contributed by atoms with Crippen molar-refractivity contribution in [1.82, 2.24) is 10.3 Å². The van der Waals surface area contributed by atoms with Crippen LogP contribution in [0.25, 0.3) is 0 Å². The number of methoxy groups -OCH3 is 1. The molecule has 0 saturated carbocycles. The summed E-state index contributed by atoms with van der Waals surface area (Å²) >= 11 is 1.74. The largest absolute Gasteiger partial charge is 0.496 e. The van der Waals surface area contributed by atoms with Crippen LogP contribution in [0.1, 0.15) is 34.0 Å². The Balaban J connectivity index is 2.04. The van der Waals surface area contributed by atoms with Crippen molar-refractivity contribution in [2.75, 3.05) is 7.11 Å². The summed E-state index contributed by atoms with van der Waals surface area (Å²) in [7, 11) is 1.71. The lowest BCUT2D eigenvalue weighted by Crippen LogP contribution is -2.18. The molecule has 0 aliphatic rings. The topological polar surface area (TPSA) is 34.1 Å². The van der Waals surface area contributed by atoms with Gasteiger partial charge in [0.2, 0.25) is 0 Å². The van der Waals surface area contributed by atoms with E-state index < -0.39 is 0 Å². The minimum absolute atomic E-state index is 0.254. The highest BCUT2D eigenvalue weighted by Gasteiger charge is 2.10. The molecule has 3 nitrogen and oxygen atoms in total. The Morgan fingerprint density at radius 1 is 1.37 bits per heavy atom. The minimum Gasteiger partial charge on any atom is -0.496 e. The highest BCUT2D eigenvalue weighted by Crippen LogP contribution is 2.22. The molecule has 2 aromatic rings. The third kappa shape index (κ3) is 3.55. The normalized spacial score (nSPS) is 12.4. The zero-order chi connectivity index (χ0) is 13.8. The van der Waals surface area contributed by atoms with Gasteiger partial charge in [-0.25, -0.2) is 4.98 Å². The predicted molar refractivity (Wildman–Crippen MR) is 79.8 cm³/mol. The Hall–Kier alpha value is -1.39. The monoisotopic (exact) mass is 276 g/mol. The summed E-state index contributed by atoms with van der Waals surface area (Å²) in [5.41, 5.74) is 2.43. The van der Waals surface area contributed by atoms with Gasteiger partial charge in [-0.15, -0.1) is 11.3 Å². The van der Waals surface area contributed by atoms with Crippen LogP contribution >= 0.6 is 11.3 Å². The molecular formula is C15H20N2OS. The Morgan fingerprint density at radius 3 is 2.79 bits per heavy atom. The van der Waals surface area contributed by atoms with Gasteiger partial charge in [-0.05, 0) is 26.8 Å². The Bertz CT molecular complexity index is 551. The molecule has 0 saturated heterocycles. The van der Waals surface area contributed by atoms with Crippen LogP contribution < -0.4 is 10.1 Å². The predicted octanol–water partition coefficient (Wildman–Crippen LogP) is 3.62. The van der Waals surface area contributed by atoms with Crippen molar-refractivity contribution in [3.05, 3.63) is 45.4 Å². The first-order chi connectivity index (χ1) is 9.10. The van der Waals surface area contributed by atoms with E-state index in [0.29, 0.717) is 0 Å². The van der Waals surface area contributed by atoms with E-state index in [1.54, 1.807) is 18.4 Å². The molecule has 2 rings (SSSR count). The Kier molecular flexibility index (Phi) is 4.56. The number of aryl methyl sites for hydroxylation is 2. The molecule has 0 aliphatic carbocycles. The molecule has 1 N–H and O–H groups in total. The summed E-state index contributed by atoms with van der Waals surface area (Å²) in [6.07, 6.45) is 1.92. The lowest BCUT2D eigenvalue weighted by molar-refractivity contribution is 0.406. The van der Waals surface area contributed by atoms with Crippen molar-refractivity contribution in [3.8, 4) is 5.75 Å². The van der Waals surface area contributed by atoms with Crippen molar-refractivity contribution in [2.24, 2.45) is 0 Å². The van der Waals surface area contributed by atoms with Gasteiger partial charge in [0, 0.05) is 23.2 Å². The number of aromatic nitrogens is 1. The highest BCUT2D eigenvalue weighted by atomic mass is 32.1. The van der Waals surface area contributed by atoms with Gasteiger partial charge in [-0.1, -0.05) is 17.7 Å². The lowest BCUT2D eigenvalue weighted by Gasteiger charge is -2.14. The van der Waals surface area contributed by atoms with Gasteiger partial charge in [0.25, 0.3) is 0 Å². The molecule has 1 aromatic heterocycles. The Labute approximate surface area is 118 Å². The number of thiazole rings is 1. The van der Waals surface area contributed by atoms with Gasteiger partial charge in [0.05, 0.1) is 13.2 Å². The van der Waals surface area contributed by atoms with Crippen LogP contribution in [0.5, 0.6) is 5.75 Å². The van der Waals surface area contributed by atoms with Crippen LogP contribution in [0.3, 0.4) is 0 Å². The Morgan fingerprint density at radius 2 is 2.16 bits per heavy atom. The molecular weight excluding hydrogens is 256 g/mol. The lowest BCUT2D eigenvalue weighted by atomic mass is 10.1. The maximum atomic E-state index is 5.39. The third-order valence-electron chi connectivity index (χ3n) is 3.04. The zero-order valence-electron chi connectivity index (χ0n) is 11.9. The molecule has 19 heavy (non-hydrogen) atoms. The second-order valence-electron chi connectivity index (χ2n) is 4.73. The van der Waals surface area contributed by atoms with Crippen molar-refractivity contribution in [2.45, 2.75) is 33.4 Å². The summed E-state index contributed by atoms with van der Waals surface area (Å²) < 4.78 is 5.39. The maximum absolute atomic E-state index is 5.39. The molecule has 0 spiro atoms. The smallest absolute Gasteiger partial charge is 0.123 e. The van der Waals surface area contributed by atoms with Crippen molar-refractivity contribution < 1.29 is 4.74 Å². The summed E-state index contributed by atoms with van der Waals surface area (Å²) in [6, 6.07) is 6.50. The molecule has 0 radical (unpaired) electrons. The third-order valence-corrected chi connectivity index (χ3v) is 4.14. The van der Waals surface area contributed by atoms with Crippen molar-refractivity contribution >= 4 is 11.3 Å². The average Bonchev–Trinajstić information content (AvgIpc) is 2.83. The summed E-state index contributed by atoms with van der Waals surface area (Å²) in [4.78, 5) is 5.66. The fourth-order valence-corrected chi connectivity index (χ4v) is 2.77. The van der Waals surface area contributed by atoms with Gasteiger partial charge in [-0.3, -0.25) is 0 Å². The van der Waals surface area contributed by atoms with E-state index in [1.165, 1.54) is 16.0 Å². The molecule has 1 aromatic carbocycles. The van der Waals surface area contributed by atoms with Crippen LogP contribution in [0.2, 0.25) is 0 Å².